The summed E-state index contributed by atoms with van der Waals surface area (Å²) in [5.74, 6) is 0.558. The highest BCUT2D eigenvalue weighted by molar-refractivity contribution is 5.85. The van der Waals surface area contributed by atoms with Crippen molar-refractivity contribution in [2.24, 2.45) is 5.73 Å². The number of amides is 1. The van der Waals surface area contributed by atoms with E-state index in [9.17, 15) is 4.79 Å². The number of hydrogen-bond donors (Lipinski definition) is 2. The average Bonchev–Trinajstić information content (AvgIpc) is 2.93. The van der Waals surface area contributed by atoms with E-state index in [4.69, 9.17) is 10.5 Å². The van der Waals surface area contributed by atoms with E-state index in [1.807, 2.05) is 24.3 Å². The molecule has 0 radical (unpaired) electrons. The number of nitrogens with two attached hydrogens (primary N) is 1. The number of benzene rings is 1. The molecule has 0 spiro atoms. The van der Waals surface area contributed by atoms with Gasteiger partial charge in [-0.1, -0.05) is 5.21 Å². The van der Waals surface area contributed by atoms with Crippen LogP contribution in [0.25, 0.3) is 5.69 Å². The summed E-state index contributed by atoms with van der Waals surface area (Å²) < 4.78 is 6.72. The molecule has 21 heavy (non-hydrogen) atoms. The molecule has 2 rings (SSSR count). The second-order valence-electron chi connectivity index (χ2n) is 4.36. The Morgan fingerprint density at radius 1 is 1.43 bits per heavy atom. The Kier molecular flexibility index (Phi) is 6.13. The first-order valence-corrected chi connectivity index (χ1v) is 6.19. The molecule has 1 aromatic carbocycles. The number of carbonyl (C=O) groups excluding carboxylic acids is 1. The van der Waals surface area contributed by atoms with Crippen LogP contribution in [-0.4, -0.2) is 34.1 Å². The molecule has 0 saturated carbocycles. The molecule has 1 heterocycles. The first kappa shape index (κ1) is 16.9. The van der Waals surface area contributed by atoms with Crippen LogP contribution >= 0.6 is 12.4 Å². The highest BCUT2D eigenvalue weighted by atomic mass is 35.5. The van der Waals surface area contributed by atoms with Gasteiger partial charge in [0.05, 0.1) is 31.6 Å². The molecule has 114 valence electrons. The van der Waals surface area contributed by atoms with Gasteiger partial charge in [-0.2, -0.15) is 0 Å². The Morgan fingerprint density at radius 2 is 2.10 bits per heavy atom. The van der Waals surface area contributed by atoms with Gasteiger partial charge < -0.3 is 15.8 Å². The van der Waals surface area contributed by atoms with Crippen molar-refractivity contribution in [3.63, 3.8) is 0 Å². The molecule has 0 fully saturated rings. The SMILES string of the molecule is COc1ccc(-n2cc(CNC(=O)[C@@H](C)N)nn2)cc1.Cl. The van der Waals surface area contributed by atoms with Crippen LogP contribution in [0.15, 0.2) is 30.5 Å². The Bertz CT molecular complexity index is 583. The summed E-state index contributed by atoms with van der Waals surface area (Å²) in [7, 11) is 1.61. The highest BCUT2D eigenvalue weighted by Crippen LogP contribution is 2.14. The normalized spacial score (nSPS) is 11.4. The number of ether oxygens (including phenoxy) is 1. The van der Waals surface area contributed by atoms with Gasteiger partial charge in [-0.25, -0.2) is 4.68 Å². The van der Waals surface area contributed by atoms with E-state index in [-0.39, 0.29) is 18.3 Å². The van der Waals surface area contributed by atoms with Crippen LogP contribution in [0.3, 0.4) is 0 Å². The van der Waals surface area contributed by atoms with Crippen molar-refractivity contribution in [1.82, 2.24) is 20.3 Å². The van der Waals surface area contributed by atoms with Gasteiger partial charge in [0.2, 0.25) is 5.91 Å². The number of nitrogens with one attached hydrogen (secondary N) is 1. The molecule has 0 aliphatic heterocycles. The lowest BCUT2D eigenvalue weighted by Gasteiger charge is -2.05. The summed E-state index contributed by atoms with van der Waals surface area (Å²) in [5, 5.41) is 10.7. The summed E-state index contributed by atoms with van der Waals surface area (Å²) in [6.07, 6.45) is 1.75. The maximum Gasteiger partial charge on any atom is 0.236 e. The monoisotopic (exact) mass is 311 g/mol. The minimum Gasteiger partial charge on any atom is -0.497 e. The topological polar surface area (TPSA) is 95.1 Å². The molecule has 0 bridgehead atoms. The molecule has 1 atom stereocenters. The number of carbonyl (C=O) groups is 1. The third-order valence-corrected chi connectivity index (χ3v) is 2.74. The molecule has 0 aliphatic rings. The molecule has 0 saturated heterocycles. The zero-order valence-corrected chi connectivity index (χ0v) is 12.6. The molecule has 7 nitrogen and oxygen atoms in total. The summed E-state index contributed by atoms with van der Waals surface area (Å²) in [6.45, 7) is 1.93. The van der Waals surface area contributed by atoms with Gasteiger partial charge >= 0.3 is 0 Å². The minimum absolute atomic E-state index is 0. The van der Waals surface area contributed by atoms with Crippen molar-refractivity contribution in [3.05, 3.63) is 36.2 Å². The van der Waals surface area contributed by atoms with Crippen LogP contribution in [0.5, 0.6) is 5.75 Å². The number of methoxy groups -OCH3 is 1. The van der Waals surface area contributed by atoms with Gasteiger partial charge in [0.25, 0.3) is 0 Å². The zero-order valence-electron chi connectivity index (χ0n) is 11.8. The highest BCUT2D eigenvalue weighted by Gasteiger charge is 2.08. The number of rotatable bonds is 5. The standard InChI is InChI=1S/C13H17N5O2.ClH/c1-9(14)13(19)15-7-10-8-18(17-16-10)11-3-5-12(20-2)6-4-11;/h3-6,8-9H,7,14H2,1-2H3,(H,15,19);1H/t9-;/m1./s1. The second kappa shape index (κ2) is 7.61. The van der Waals surface area contributed by atoms with Gasteiger partial charge in [-0.05, 0) is 31.2 Å². The van der Waals surface area contributed by atoms with Crippen molar-refractivity contribution in [2.45, 2.75) is 19.5 Å². The Morgan fingerprint density at radius 3 is 2.67 bits per heavy atom. The number of nitrogens with zero attached hydrogens (tertiary/aromatic N) is 3. The van der Waals surface area contributed by atoms with Gasteiger partial charge in [-0.3, -0.25) is 4.79 Å². The van der Waals surface area contributed by atoms with Crippen LogP contribution < -0.4 is 15.8 Å². The van der Waals surface area contributed by atoms with Crippen molar-refractivity contribution in [1.29, 1.82) is 0 Å². The smallest absolute Gasteiger partial charge is 0.236 e. The van der Waals surface area contributed by atoms with E-state index in [0.717, 1.165) is 11.4 Å². The lowest BCUT2D eigenvalue weighted by molar-refractivity contribution is -0.122. The van der Waals surface area contributed by atoms with Gasteiger partial charge in [0, 0.05) is 0 Å². The fraction of sp³-hybridized carbons (Fsp3) is 0.308. The third-order valence-electron chi connectivity index (χ3n) is 2.74. The summed E-state index contributed by atoms with van der Waals surface area (Å²) >= 11 is 0. The fourth-order valence-electron chi connectivity index (χ4n) is 1.58. The van der Waals surface area contributed by atoms with E-state index in [1.165, 1.54) is 0 Å². The molecule has 2 aromatic rings. The van der Waals surface area contributed by atoms with Crippen molar-refractivity contribution in [3.8, 4) is 11.4 Å². The van der Waals surface area contributed by atoms with Crippen LogP contribution in [0, 0.1) is 0 Å². The summed E-state index contributed by atoms with van der Waals surface area (Å²) in [6, 6.07) is 6.89. The Labute approximate surface area is 128 Å². The van der Waals surface area contributed by atoms with Gasteiger partial charge in [-0.15, -0.1) is 17.5 Å². The average molecular weight is 312 g/mol. The quantitative estimate of drug-likeness (QED) is 0.846. The molecule has 1 aromatic heterocycles. The van der Waals surface area contributed by atoms with Crippen LogP contribution in [-0.2, 0) is 11.3 Å². The lowest BCUT2D eigenvalue weighted by Crippen LogP contribution is -2.37. The molecule has 1 amide bonds. The van der Waals surface area contributed by atoms with E-state index < -0.39 is 6.04 Å². The first-order chi connectivity index (χ1) is 9.60. The molecular formula is C13H18ClN5O2. The van der Waals surface area contributed by atoms with E-state index in [1.54, 1.807) is 24.9 Å². The van der Waals surface area contributed by atoms with Crippen LogP contribution in [0.1, 0.15) is 12.6 Å². The largest absolute Gasteiger partial charge is 0.497 e. The summed E-state index contributed by atoms with van der Waals surface area (Å²) in [4.78, 5) is 11.4. The van der Waals surface area contributed by atoms with Crippen molar-refractivity contribution in [2.75, 3.05) is 7.11 Å². The maximum absolute atomic E-state index is 11.4. The van der Waals surface area contributed by atoms with E-state index in [2.05, 4.69) is 15.6 Å². The Balaban J connectivity index is 0.00000220. The number of hydrogen-bond acceptors (Lipinski definition) is 5. The van der Waals surface area contributed by atoms with E-state index >= 15 is 0 Å². The second-order valence-corrected chi connectivity index (χ2v) is 4.36. The molecule has 3 N–H and O–H groups in total. The zero-order chi connectivity index (χ0) is 14.5. The van der Waals surface area contributed by atoms with Crippen molar-refractivity contribution >= 4 is 18.3 Å². The first-order valence-electron chi connectivity index (χ1n) is 6.19. The van der Waals surface area contributed by atoms with E-state index in [0.29, 0.717) is 12.2 Å². The molecule has 8 heteroatoms. The van der Waals surface area contributed by atoms with Crippen LogP contribution in [0.4, 0.5) is 0 Å². The predicted octanol–water partition coefficient (Wildman–Crippen LogP) is 0.661. The Hall–Kier alpha value is -2.12. The lowest BCUT2D eigenvalue weighted by atomic mass is 10.3. The molecular weight excluding hydrogens is 294 g/mol. The number of halogens is 1. The third kappa shape index (κ3) is 4.44. The van der Waals surface area contributed by atoms with Gasteiger partial charge in [0.1, 0.15) is 11.4 Å². The number of aromatic nitrogens is 3. The fourth-order valence-corrected chi connectivity index (χ4v) is 1.58. The predicted molar refractivity (Wildman–Crippen MR) is 80.7 cm³/mol. The minimum atomic E-state index is -0.536. The van der Waals surface area contributed by atoms with Crippen molar-refractivity contribution < 1.29 is 9.53 Å². The molecule has 0 unspecified atom stereocenters. The van der Waals surface area contributed by atoms with Crippen LogP contribution in [0.2, 0.25) is 0 Å². The molecule has 0 aliphatic carbocycles. The van der Waals surface area contributed by atoms with Gasteiger partial charge in [0.15, 0.2) is 0 Å². The summed E-state index contributed by atoms with van der Waals surface area (Å²) in [5.41, 5.74) is 6.98. The maximum atomic E-state index is 11.4.